The van der Waals surface area contributed by atoms with Crippen LogP contribution < -0.4 is 0 Å². The summed E-state index contributed by atoms with van der Waals surface area (Å²) in [6.45, 7) is 2.48. The molecule has 0 spiro atoms. The second-order valence-electron chi connectivity index (χ2n) is 7.18. The van der Waals surface area contributed by atoms with Crippen LogP contribution in [-0.2, 0) is 6.42 Å². The van der Waals surface area contributed by atoms with Gasteiger partial charge in [0.1, 0.15) is 0 Å². The predicted octanol–water partition coefficient (Wildman–Crippen LogP) is 4.62. The van der Waals surface area contributed by atoms with Crippen molar-refractivity contribution in [1.82, 2.24) is 15.1 Å². The minimum absolute atomic E-state index is 0.841. The topological polar surface area (TPSA) is 31.9 Å². The molecule has 3 aromatic rings. The molecule has 1 aliphatic rings. The lowest BCUT2D eigenvalue weighted by molar-refractivity contribution is 0.219. The first-order chi connectivity index (χ1) is 12.3. The van der Waals surface area contributed by atoms with E-state index in [2.05, 4.69) is 70.7 Å². The second-order valence-corrected chi connectivity index (χ2v) is 7.18. The van der Waals surface area contributed by atoms with Crippen molar-refractivity contribution in [2.45, 2.75) is 19.3 Å². The highest BCUT2D eigenvalue weighted by Crippen LogP contribution is 2.22. The molecular formula is C22H25N3. The van der Waals surface area contributed by atoms with E-state index in [1.807, 2.05) is 12.1 Å². The number of hydrogen-bond donors (Lipinski definition) is 1. The molecule has 1 saturated heterocycles. The maximum atomic E-state index is 4.40. The van der Waals surface area contributed by atoms with Gasteiger partial charge in [0.15, 0.2) is 0 Å². The van der Waals surface area contributed by atoms with Crippen LogP contribution in [0, 0.1) is 5.92 Å². The summed E-state index contributed by atoms with van der Waals surface area (Å²) in [6, 6.07) is 17.2. The number of H-pyrrole nitrogens is 1. The number of nitrogens with one attached hydrogen (secondary N) is 1. The van der Waals surface area contributed by atoms with Crippen molar-refractivity contribution in [2.75, 3.05) is 20.1 Å². The van der Waals surface area contributed by atoms with Gasteiger partial charge in [-0.15, -0.1) is 0 Å². The summed E-state index contributed by atoms with van der Waals surface area (Å²) in [6.07, 6.45) is 8.09. The van der Waals surface area contributed by atoms with Gasteiger partial charge in [0, 0.05) is 5.39 Å². The van der Waals surface area contributed by atoms with Crippen LogP contribution in [-0.4, -0.2) is 35.2 Å². The monoisotopic (exact) mass is 331 g/mol. The quantitative estimate of drug-likeness (QED) is 0.756. The lowest BCUT2D eigenvalue weighted by atomic mass is 9.90. The Labute approximate surface area is 149 Å². The largest absolute Gasteiger partial charge is 0.306 e. The highest BCUT2D eigenvalue weighted by atomic mass is 15.1. The molecule has 0 amide bonds. The van der Waals surface area contributed by atoms with Crippen molar-refractivity contribution >= 4 is 23.1 Å². The second kappa shape index (κ2) is 7.24. The Morgan fingerprint density at radius 3 is 2.60 bits per heavy atom. The normalized spacial score (nSPS) is 16.8. The van der Waals surface area contributed by atoms with Crippen molar-refractivity contribution < 1.29 is 0 Å². The van der Waals surface area contributed by atoms with Gasteiger partial charge in [-0.3, -0.25) is 5.10 Å². The molecule has 1 fully saturated rings. The highest BCUT2D eigenvalue weighted by Gasteiger charge is 2.16. The molecule has 2 heterocycles. The third kappa shape index (κ3) is 3.83. The van der Waals surface area contributed by atoms with E-state index in [4.69, 9.17) is 0 Å². The molecule has 25 heavy (non-hydrogen) atoms. The first-order valence-corrected chi connectivity index (χ1v) is 9.16. The Morgan fingerprint density at radius 1 is 1.04 bits per heavy atom. The van der Waals surface area contributed by atoms with E-state index >= 15 is 0 Å². The van der Waals surface area contributed by atoms with Gasteiger partial charge in [-0.05, 0) is 68.6 Å². The van der Waals surface area contributed by atoms with E-state index < -0.39 is 0 Å². The predicted molar refractivity (Wildman–Crippen MR) is 105 cm³/mol. The average Bonchev–Trinajstić information content (AvgIpc) is 3.06. The van der Waals surface area contributed by atoms with E-state index in [0.717, 1.165) is 22.5 Å². The van der Waals surface area contributed by atoms with E-state index in [1.54, 1.807) is 0 Å². The van der Waals surface area contributed by atoms with Gasteiger partial charge in [-0.1, -0.05) is 48.5 Å². The number of para-hydroxylation sites is 1. The molecule has 2 aromatic carbocycles. The molecule has 0 unspecified atom stereocenters. The number of aromatic amines is 1. The third-order valence-corrected chi connectivity index (χ3v) is 5.28. The number of aromatic nitrogens is 2. The molecule has 4 rings (SSSR count). The molecule has 0 atom stereocenters. The van der Waals surface area contributed by atoms with Crippen LogP contribution in [0.5, 0.6) is 0 Å². The summed E-state index contributed by atoms with van der Waals surface area (Å²) in [5.41, 5.74) is 4.75. The summed E-state index contributed by atoms with van der Waals surface area (Å²) < 4.78 is 0. The van der Waals surface area contributed by atoms with Crippen molar-refractivity contribution in [3.05, 3.63) is 65.4 Å². The molecule has 1 N–H and O–H groups in total. The van der Waals surface area contributed by atoms with Crippen LogP contribution in [0.25, 0.3) is 23.1 Å². The smallest absolute Gasteiger partial charge is 0.0927 e. The van der Waals surface area contributed by atoms with Crippen molar-refractivity contribution in [3.8, 4) is 0 Å². The van der Waals surface area contributed by atoms with Crippen molar-refractivity contribution in [3.63, 3.8) is 0 Å². The molecule has 3 heteroatoms. The molecular weight excluding hydrogens is 306 g/mol. The third-order valence-electron chi connectivity index (χ3n) is 5.28. The van der Waals surface area contributed by atoms with Gasteiger partial charge >= 0.3 is 0 Å². The van der Waals surface area contributed by atoms with Gasteiger partial charge in [0.2, 0.25) is 0 Å². The van der Waals surface area contributed by atoms with Gasteiger partial charge in [0.25, 0.3) is 0 Å². The van der Waals surface area contributed by atoms with Crippen LogP contribution in [0.1, 0.15) is 29.7 Å². The lowest BCUT2D eigenvalue weighted by Gasteiger charge is -2.28. The molecule has 1 aliphatic heterocycles. The van der Waals surface area contributed by atoms with Crippen LogP contribution in [0.4, 0.5) is 0 Å². The Kier molecular flexibility index (Phi) is 4.66. The Morgan fingerprint density at radius 2 is 1.80 bits per heavy atom. The van der Waals surface area contributed by atoms with E-state index in [9.17, 15) is 0 Å². The first-order valence-electron chi connectivity index (χ1n) is 9.16. The van der Waals surface area contributed by atoms with Gasteiger partial charge in [-0.2, -0.15) is 5.10 Å². The first kappa shape index (κ1) is 16.1. The number of fused-ring (bicyclic) bond motifs is 1. The SMILES string of the molecule is CN1CCC(Cc2ccc(C=Cc3n[nH]c4ccccc34)cc2)CC1. The van der Waals surface area contributed by atoms with E-state index in [1.165, 1.54) is 43.5 Å². The molecule has 1 aromatic heterocycles. The fourth-order valence-electron chi connectivity index (χ4n) is 3.65. The molecule has 0 radical (unpaired) electrons. The molecule has 0 aliphatic carbocycles. The van der Waals surface area contributed by atoms with Gasteiger partial charge in [0.05, 0.1) is 11.2 Å². The number of hydrogen-bond acceptors (Lipinski definition) is 2. The zero-order valence-electron chi connectivity index (χ0n) is 14.8. The zero-order valence-corrected chi connectivity index (χ0v) is 14.8. The number of likely N-dealkylation sites (tertiary alicyclic amines) is 1. The maximum absolute atomic E-state index is 4.40. The zero-order chi connectivity index (χ0) is 17.1. The number of benzene rings is 2. The minimum Gasteiger partial charge on any atom is -0.306 e. The van der Waals surface area contributed by atoms with Crippen molar-refractivity contribution in [1.29, 1.82) is 0 Å². The molecule has 0 bridgehead atoms. The summed E-state index contributed by atoms with van der Waals surface area (Å²) in [7, 11) is 2.22. The Hall–Kier alpha value is -2.39. The molecule has 3 nitrogen and oxygen atoms in total. The lowest BCUT2D eigenvalue weighted by Crippen LogP contribution is -2.30. The standard InChI is InChI=1S/C22H25N3/c1-25-14-12-19(13-15-25)16-18-8-6-17(7-9-18)10-11-22-20-4-2-3-5-21(20)23-24-22/h2-11,19H,12-16H2,1H3,(H,23,24). The van der Waals surface area contributed by atoms with Crippen LogP contribution in [0.3, 0.4) is 0 Å². The summed E-state index contributed by atoms with van der Waals surface area (Å²) in [4.78, 5) is 2.43. The number of rotatable bonds is 4. The fraction of sp³-hybridized carbons (Fsp3) is 0.318. The molecule has 0 saturated carbocycles. The number of piperidine rings is 1. The van der Waals surface area contributed by atoms with Crippen molar-refractivity contribution in [2.24, 2.45) is 5.92 Å². The van der Waals surface area contributed by atoms with Crippen LogP contribution in [0.2, 0.25) is 0 Å². The van der Waals surface area contributed by atoms with Crippen LogP contribution in [0.15, 0.2) is 48.5 Å². The number of nitrogens with zero attached hydrogens (tertiary/aromatic N) is 2. The highest BCUT2D eigenvalue weighted by molar-refractivity contribution is 5.89. The van der Waals surface area contributed by atoms with E-state index in [-0.39, 0.29) is 0 Å². The van der Waals surface area contributed by atoms with Gasteiger partial charge < -0.3 is 4.90 Å². The maximum Gasteiger partial charge on any atom is 0.0927 e. The summed E-state index contributed by atoms with van der Waals surface area (Å²) in [5.74, 6) is 0.841. The Bertz CT molecular complexity index is 852. The van der Waals surface area contributed by atoms with E-state index in [0.29, 0.717) is 0 Å². The van der Waals surface area contributed by atoms with Gasteiger partial charge in [-0.25, -0.2) is 0 Å². The minimum atomic E-state index is 0.841. The fourth-order valence-corrected chi connectivity index (χ4v) is 3.65. The summed E-state index contributed by atoms with van der Waals surface area (Å²) >= 11 is 0. The average molecular weight is 331 g/mol. The summed E-state index contributed by atoms with van der Waals surface area (Å²) in [5, 5.41) is 8.64. The Balaban J connectivity index is 1.42. The molecule has 128 valence electrons. The van der Waals surface area contributed by atoms with Crippen LogP contribution >= 0.6 is 0 Å².